The Morgan fingerprint density at radius 1 is 0.569 bits per heavy atom. The molecule has 0 aliphatic heterocycles. The fraction of sp³-hybridized carbons (Fsp3) is 0.794. The van der Waals surface area contributed by atoms with Crippen molar-refractivity contribution in [2.45, 2.75) is 116 Å². The summed E-state index contributed by atoms with van der Waals surface area (Å²) in [7, 11) is 0. The Hall–Kier alpha value is -3.51. The number of unbranched alkanes of at least 4 members (excludes halogenated alkanes) is 2. The average molecular weight is 733 g/mol. The molecule has 294 valence electrons. The molecule has 0 aromatic heterocycles. The van der Waals surface area contributed by atoms with Crippen LogP contribution >= 0.6 is 0 Å². The van der Waals surface area contributed by atoms with Crippen LogP contribution in [0.2, 0.25) is 0 Å². The summed E-state index contributed by atoms with van der Waals surface area (Å²) in [5.41, 5.74) is 0. The van der Waals surface area contributed by atoms with Gasteiger partial charge in [0.2, 0.25) is 17.7 Å². The van der Waals surface area contributed by atoms with Crippen LogP contribution < -0.4 is 21.3 Å². The largest absolute Gasteiger partial charge is 0.481 e. The van der Waals surface area contributed by atoms with E-state index in [0.29, 0.717) is 19.3 Å². The third-order valence-corrected chi connectivity index (χ3v) is 6.94. The maximum absolute atomic E-state index is 12.4. The third kappa shape index (κ3) is 29.9. The molecule has 51 heavy (non-hydrogen) atoms. The van der Waals surface area contributed by atoms with Crippen LogP contribution in [0.3, 0.4) is 0 Å². The maximum Gasteiger partial charge on any atom is 0.326 e. The monoisotopic (exact) mass is 732 g/mol. The summed E-state index contributed by atoms with van der Waals surface area (Å²) in [4.78, 5) is 81.5. The summed E-state index contributed by atoms with van der Waals surface area (Å²) >= 11 is 0. The normalized spacial score (nSPS) is 12.4. The number of carbonyl (C=O) groups is 7. The van der Waals surface area contributed by atoms with Gasteiger partial charge in [-0.25, -0.2) is 4.79 Å². The Balaban J connectivity index is 3.71. The second kappa shape index (κ2) is 30.1. The number of aliphatic carboxylic acids is 2. The molecular formula is C34H60N4O13. The summed E-state index contributed by atoms with van der Waals surface area (Å²) in [6, 6.07) is -1.31. The summed E-state index contributed by atoms with van der Waals surface area (Å²) in [6.07, 6.45) is 3.00. The van der Waals surface area contributed by atoms with E-state index in [0.717, 1.165) is 19.3 Å². The van der Waals surface area contributed by atoms with E-state index in [-0.39, 0.29) is 120 Å². The highest BCUT2D eigenvalue weighted by Gasteiger charge is 2.22. The molecule has 2 atom stereocenters. The van der Waals surface area contributed by atoms with Gasteiger partial charge in [0, 0.05) is 44.5 Å². The van der Waals surface area contributed by atoms with E-state index < -0.39 is 30.3 Å². The van der Waals surface area contributed by atoms with Crippen molar-refractivity contribution < 1.29 is 62.7 Å². The lowest BCUT2D eigenvalue weighted by Gasteiger charge is -2.22. The van der Waals surface area contributed by atoms with Gasteiger partial charge in [0.15, 0.2) is 5.78 Å². The smallest absolute Gasteiger partial charge is 0.326 e. The molecule has 6 N–H and O–H groups in total. The van der Waals surface area contributed by atoms with Gasteiger partial charge in [-0.05, 0) is 39.5 Å². The number of ether oxygens (including phenoxy) is 4. The van der Waals surface area contributed by atoms with Gasteiger partial charge in [0.25, 0.3) is 0 Å². The fourth-order valence-electron chi connectivity index (χ4n) is 4.54. The van der Waals surface area contributed by atoms with Gasteiger partial charge >= 0.3 is 11.9 Å². The molecule has 0 fully saturated rings. The first-order valence-corrected chi connectivity index (χ1v) is 17.6. The molecule has 3 amide bonds. The number of hydrogen-bond donors (Lipinski definition) is 6. The van der Waals surface area contributed by atoms with E-state index in [1.54, 1.807) is 0 Å². The summed E-state index contributed by atoms with van der Waals surface area (Å²) in [6.45, 7) is 9.44. The predicted molar refractivity (Wildman–Crippen MR) is 185 cm³/mol. The molecule has 0 aromatic rings. The minimum Gasteiger partial charge on any atom is -0.481 e. The SMILES string of the molecule is CC(C)NC(=O)C(CCCCCC(=O)COCCOCCNC(=O)COCCOCCCC(=O)CC[C@H](NC(=O)CC(=O)O)C(=O)O)NC(C)C. The molecule has 0 aliphatic rings. The molecule has 0 spiro atoms. The number of amides is 3. The molecule has 1 unspecified atom stereocenters. The van der Waals surface area contributed by atoms with Crippen molar-refractivity contribution in [2.75, 3.05) is 59.4 Å². The molecule has 0 rings (SSSR count). The van der Waals surface area contributed by atoms with Crippen LogP contribution in [0, 0.1) is 0 Å². The Morgan fingerprint density at radius 2 is 1.20 bits per heavy atom. The van der Waals surface area contributed by atoms with Gasteiger partial charge in [0.1, 0.15) is 31.5 Å². The zero-order valence-electron chi connectivity index (χ0n) is 30.6. The maximum atomic E-state index is 12.4. The van der Waals surface area contributed by atoms with E-state index >= 15 is 0 Å². The van der Waals surface area contributed by atoms with Gasteiger partial charge in [-0.15, -0.1) is 0 Å². The lowest BCUT2D eigenvalue weighted by molar-refractivity contribution is -0.145. The first-order chi connectivity index (χ1) is 24.2. The number of hydrogen-bond acceptors (Lipinski definition) is 12. The van der Waals surface area contributed by atoms with Crippen molar-refractivity contribution in [1.29, 1.82) is 0 Å². The average Bonchev–Trinajstić information content (AvgIpc) is 3.03. The van der Waals surface area contributed by atoms with E-state index in [2.05, 4.69) is 21.3 Å². The Morgan fingerprint density at radius 3 is 1.82 bits per heavy atom. The summed E-state index contributed by atoms with van der Waals surface area (Å²) in [5.74, 6) is -4.20. The summed E-state index contributed by atoms with van der Waals surface area (Å²) < 4.78 is 21.4. The highest BCUT2D eigenvalue weighted by molar-refractivity contribution is 5.95. The number of carbonyl (C=O) groups excluding carboxylic acids is 5. The van der Waals surface area contributed by atoms with E-state index in [1.165, 1.54) is 0 Å². The van der Waals surface area contributed by atoms with Crippen molar-refractivity contribution in [3.05, 3.63) is 0 Å². The Bertz CT molecular complexity index is 1060. The van der Waals surface area contributed by atoms with Gasteiger partial charge < -0.3 is 50.4 Å². The quantitative estimate of drug-likeness (QED) is 0.0395. The van der Waals surface area contributed by atoms with Crippen molar-refractivity contribution in [3.63, 3.8) is 0 Å². The van der Waals surface area contributed by atoms with Crippen LogP contribution in [0.1, 0.15) is 91.9 Å². The van der Waals surface area contributed by atoms with Gasteiger partial charge in [0.05, 0.1) is 39.1 Å². The molecule has 0 radical (unpaired) electrons. The lowest BCUT2D eigenvalue weighted by atomic mass is 10.0. The Labute approximate surface area is 300 Å². The van der Waals surface area contributed by atoms with E-state index in [4.69, 9.17) is 29.2 Å². The molecular weight excluding hydrogens is 672 g/mol. The zero-order valence-corrected chi connectivity index (χ0v) is 30.6. The number of Topliss-reactive ketones (excluding diaryl/α,β-unsaturated/α-hetero) is 2. The minimum atomic E-state index is -1.39. The second-order valence-corrected chi connectivity index (χ2v) is 12.6. The molecule has 0 aromatic carbocycles. The fourth-order valence-corrected chi connectivity index (χ4v) is 4.54. The van der Waals surface area contributed by atoms with E-state index in [1.807, 2.05) is 27.7 Å². The van der Waals surface area contributed by atoms with Crippen molar-refractivity contribution in [2.24, 2.45) is 0 Å². The van der Waals surface area contributed by atoms with Crippen LogP contribution in [0.5, 0.6) is 0 Å². The highest BCUT2D eigenvalue weighted by atomic mass is 16.5. The van der Waals surface area contributed by atoms with Crippen LogP contribution in [-0.4, -0.2) is 135 Å². The molecule has 17 nitrogen and oxygen atoms in total. The number of nitrogens with one attached hydrogen (secondary N) is 4. The Kier molecular flexibility index (Phi) is 28.1. The first-order valence-electron chi connectivity index (χ1n) is 17.6. The van der Waals surface area contributed by atoms with E-state index in [9.17, 15) is 33.6 Å². The molecule has 0 saturated carbocycles. The molecule has 0 bridgehead atoms. The standard InChI is InChI=1S/C34H60N4O13/c1-24(2)36-28(33(45)37-25(3)4)11-7-5-6-9-27(40)22-50-19-18-49-16-14-35-31(42)23-51-20-17-48-15-8-10-26(39)12-13-29(34(46)47)38-30(41)21-32(43)44/h24-25,28-29,36H,5-23H2,1-4H3,(H,35,42)(H,37,45)(H,38,41)(H,43,44)(H,46,47)/t28?,29-/m0/s1. The van der Waals surface area contributed by atoms with Crippen LogP contribution in [0.4, 0.5) is 0 Å². The van der Waals surface area contributed by atoms with Gasteiger partial charge in [-0.3, -0.25) is 28.8 Å². The van der Waals surface area contributed by atoms with Crippen molar-refractivity contribution in [1.82, 2.24) is 21.3 Å². The summed E-state index contributed by atoms with van der Waals surface area (Å²) in [5, 5.41) is 28.7. The lowest BCUT2D eigenvalue weighted by Crippen LogP contribution is -2.48. The number of rotatable bonds is 34. The highest BCUT2D eigenvalue weighted by Crippen LogP contribution is 2.08. The van der Waals surface area contributed by atoms with Crippen molar-refractivity contribution >= 4 is 41.2 Å². The number of carboxylic acids is 2. The first kappa shape index (κ1) is 47.5. The van der Waals surface area contributed by atoms with Crippen molar-refractivity contribution in [3.8, 4) is 0 Å². The van der Waals surface area contributed by atoms with Crippen LogP contribution in [0.15, 0.2) is 0 Å². The van der Waals surface area contributed by atoms with Gasteiger partial charge in [-0.2, -0.15) is 0 Å². The van der Waals surface area contributed by atoms with Crippen LogP contribution in [0.25, 0.3) is 0 Å². The minimum absolute atomic E-state index is 0.00280. The molecule has 0 saturated heterocycles. The molecule has 17 heteroatoms. The zero-order chi connectivity index (χ0) is 38.4. The topological polar surface area (TPSA) is 245 Å². The number of carboxylic acid groups (broad SMARTS) is 2. The predicted octanol–water partition coefficient (Wildman–Crippen LogP) is 0.753. The second-order valence-electron chi connectivity index (χ2n) is 12.6. The van der Waals surface area contributed by atoms with Crippen LogP contribution in [-0.2, 0) is 52.5 Å². The molecule has 0 aliphatic carbocycles. The number of ketones is 2. The third-order valence-electron chi connectivity index (χ3n) is 6.94. The van der Waals surface area contributed by atoms with Gasteiger partial charge in [-0.1, -0.05) is 26.7 Å². The molecule has 0 heterocycles.